The molecular weight excluding hydrogens is 228 g/mol. The van der Waals surface area contributed by atoms with Crippen LogP contribution in [0.4, 0.5) is 0 Å². The lowest BCUT2D eigenvalue weighted by atomic mass is 10.1. The van der Waals surface area contributed by atoms with Gasteiger partial charge in [-0.15, -0.1) is 0 Å². The standard InChI is InChI=1S/C14H22N2O2/c1-11-10-12(2)16(13(11)14(17)18)9-8-15-6-4-3-5-7-15/h10H,3-9H2,1-2H3,(H,17,18). The van der Waals surface area contributed by atoms with E-state index in [1.54, 1.807) is 0 Å². The van der Waals surface area contributed by atoms with Crippen molar-refractivity contribution in [2.24, 2.45) is 0 Å². The van der Waals surface area contributed by atoms with E-state index in [1.807, 2.05) is 24.5 Å². The lowest BCUT2D eigenvalue weighted by Crippen LogP contribution is -2.33. The second kappa shape index (κ2) is 5.57. The fourth-order valence-corrected chi connectivity index (χ4v) is 2.85. The molecule has 2 heterocycles. The number of nitrogens with zero attached hydrogens (tertiary/aromatic N) is 2. The van der Waals surface area contributed by atoms with Crippen LogP contribution in [0.25, 0.3) is 0 Å². The molecule has 4 heteroatoms. The second-order valence-electron chi connectivity index (χ2n) is 5.18. The van der Waals surface area contributed by atoms with Crippen LogP contribution in [-0.4, -0.2) is 40.2 Å². The van der Waals surface area contributed by atoms with E-state index in [2.05, 4.69) is 4.90 Å². The van der Waals surface area contributed by atoms with Crippen LogP contribution in [0.15, 0.2) is 6.07 Å². The van der Waals surface area contributed by atoms with Gasteiger partial charge in [0.15, 0.2) is 0 Å². The van der Waals surface area contributed by atoms with Gasteiger partial charge >= 0.3 is 5.97 Å². The molecule has 0 unspecified atom stereocenters. The molecule has 0 aliphatic carbocycles. The summed E-state index contributed by atoms with van der Waals surface area (Å²) in [5.74, 6) is -0.820. The molecule has 1 aromatic heterocycles. The number of aromatic carboxylic acids is 1. The van der Waals surface area contributed by atoms with Gasteiger partial charge in [0, 0.05) is 18.8 Å². The van der Waals surface area contributed by atoms with Crippen molar-refractivity contribution >= 4 is 5.97 Å². The predicted octanol–water partition coefficient (Wildman–Crippen LogP) is 2.29. The summed E-state index contributed by atoms with van der Waals surface area (Å²) in [5.41, 5.74) is 2.35. The molecule has 2 rings (SSSR count). The van der Waals surface area contributed by atoms with Crippen LogP contribution >= 0.6 is 0 Å². The van der Waals surface area contributed by atoms with Gasteiger partial charge in [0.25, 0.3) is 0 Å². The van der Waals surface area contributed by atoms with Gasteiger partial charge in [0.2, 0.25) is 0 Å². The summed E-state index contributed by atoms with van der Waals surface area (Å²) in [6.45, 7) is 7.89. The first kappa shape index (κ1) is 13.1. The van der Waals surface area contributed by atoms with Gasteiger partial charge in [-0.3, -0.25) is 0 Å². The number of piperidine rings is 1. The van der Waals surface area contributed by atoms with Crippen LogP contribution in [0.1, 0.15) is 41.0 Å². The molecule has 1 aliphatic rings. The molecule has 1 N–H and O–H groups in total. The van der Waals surface area contributed by atoms with Crippen molar-refractivity contribution in [3.8, 4) is 0 Å². The average molecular weight is 250 g/mol. The van der Waals surface area contributed by atoms with Gasteiger partial charge in [0.1, 0.15) is 5.69 Å². The third kappa shape index (κ3) is 2.75. The minimum absolute atomic E-state index is 0.449. The van der Waals surface area contributed by atoms with Gasteiger partial charge in [0.05, 0.1) is 0 Å². The van der Waals surface area contributed by atoms with E-state index in [0.717, 1.165) is 37.4 Å². The van der Waals surface area contributed by atoms with Crippen LogP contribution in [0, 0.1) is 13.8 Å². The molecule has 18 heavy (non-hydrogen) atoms. The maximum absolute atomic E-state index is 11.3. The van der Waals surface area contributed by atoms with Crippen molar-refractivity contribution < 1.29 is 9.90 Å². The van der Waals surface area contributed by atoms with Crippen LogP contribution in [0.5, 0.6) is 0 Å². The van der Waals surface area contributed by atoms with Crippen molar-refractivity contribution in [1.82, 2.24) is 9.47 Å². The van der Waals surface area contributed by atoms with Crippen molar-refractivity contribution in [2.75, 3.05) is 19.6 Å². The van der Waals surface area contributed by atoms with Crippen molar-refractivity contribution in [1.29, 1.82) is 0 Å². The quantitative estimate of drug-likeness (QED) is 0.891. The van der Waals surface area contributed by atoms with Crippen LogP contribution in [0.3, 0.4) is 0 Å². The van der Waals surface area contributed by atoms with E-state index in [4.69, 9.17) is 0 Å². The van der Waals surface area contributed by atoms with E-state index < -0.39 is 5.97 Å². The number of hydrogen-bond acceptors (Lipinski definition) is 2. The number of carbonyl (C=O) groups is 1. The highest BCUT2D eigenvalue weighted by Gasteiger charge is 2.17. The molecule has 0 saturated carbocycles. The molecule has 100 valence electrons. The summed E-state index contributed by atoms with van der Waals surface area (Å²) < 4.78 is 1.94. The Labute approximate surface area is 108 Å². The number of hydrogen-bond donors (Lipinski definition) is 1. The molecular formula is C14H22N2O2. The zero-order valence-electron chi connectivity index (χ0n) is 11.3. The van der Waals surface area contributed by atoms with Gasteiger partial charge in [-0.2, -0.15) is 0 Å². The summed E-state index contributed by atoms with van der Waals surface area (Å²) in [6, 6.07) is 1.96. The number of carboxylic acid groups (broad SMARTS) is 1. The van der Waals surface area contributed by atoms with E-state index in [9.17, 15) is 9.90 Å². The first-order chi connectivity index (χ1) is 8.59. The van der Waals surface area contributed by atoms with Crippen molar-refractivity contribution in [2.45, 2.75) is 39.7 Å². The van der Waals surface area contributed by atoms with E-state index in [1.165, 1.54) is 19.3 Å². The van der Waals surface area contributed by atoms with Crippen LogP contribution in [0.2, 0.25) is 0 Å². The van der Waals surface area contributed by atoms with Crippen molar-refractivity contribution in [3.63, 3.8) is 0 Å². The minimum atomic E-state index is -0.820. The number of aromatic nitrogens is 1. The second-order valence-corrected chi connectivity index (χ2v) is 5.18. The van der Waals surface area contributed by atoms with Crippen molar-refractivity contribution in [3.05, 3.63) is 23.0 Å². The largest absolute Gasteiger partial charge is 0.477 e. The highest BCUT2D eigenvalue weighted by molar-refractivity contribution is 5.87. The lowest BCUT2D eigenvalue weighted by Gasteiger charge is -2.27. The third-order valence-electron chi connectivity index (χ3n) is 3.79. The maximum atomic E-state index is 11.3. The van der Waals surface area contributed by atoms with E-state index >= 15 is 0 Å². The Morgan fingerprint density at radius 2 is 1.89 bits per heavy atom. The maximum Gasteiger partial charge on any atom is 0.352 e. The molecule has 0 amide bonds. The highest BCUT2D eigenvalue weighted by Crippen LogP contribution is 2.16. The molecule has 0 atom stereocenters. The molecule has 0 spiro atoms. The smallest absolute Gasteiger partial charge is 0.352 e. The fourth-order valence-electron chi connectivity index (χ4n) is 2.85. The Hall–Kier alpha value is -1.29. The number of likely N-dealkylation sites (tertiary alicyclic amines) is 1. The van der Waals surface area contributed by atoms with E-state index in [-0.39, 0.29) is 0 Å². The first-order valence-corrected chi connectivity index (χ1v) is 6.72. The van der Waals surface area contributed by atoms with E-state index in [0.29, 0.717) is 5.69 Å². The summed E-state index contributed by atoms with van der Waals surface area (Å²) in [7, 11) is 0. The SMILES string of the molecule is Cc1cc(C)n(CCN2CCCCC2)c1C(=O)O. The molecule has 1 aliphatic heterocycles. The number of aryl methyl sites for hydroxylation is 2. The summed E-state index contributed by atoms with van der Waals surface area (Å²) in [5, 5.41) is 9.26. The topological polar surface area (TPSA) is 45.5 Å². The molecule has 1 saturated heterocycles. The fraction of sp³-hybridized carbons (Fsp3) is 0.643. The Bertz CT molecular complexity index is 431. The average Bonchev–Trinajstić information content (AvgIpc) is 2.62. The van der Waals surface area contributed by atoms with Gasteiger partial charge in [-0.1, -0.05) is 6.42 Å². The molecule has 1 aromatic rings. The molecule has 1 fully saturated rings. The Kier molecular flexibility index (Phi) is 4.07. The highest BCUT2D eigenvalue weighted by atomic mass is 16.4. The minimum Gasteiger partial charge on any atom is -0.477 e. The monoisotopic (exact) mass is 250 g/mol. The molecule has 0 radical (unpaired) electrons. The summed E-state index contributed by atoms with van der Waals surface area (Å²) in [4.78, 5) is 13.7. The van der Waals surface area contributed by atoms with Crippen LogP contribution < -0.4 is 0 Å². The first-order valence-electron chi connectivity index (χ1n) is 6.72. The number of carboxylic acids is 1. The zero-order valence-corrected chi connectivity index (χ0v) is 11.3. The third-order valence-corrected chi connectivity index (χ3v) is 3.79. The normalized spacial score (nSPS) is 17.0. The summed E-state index contributed by atoms with van der Waals surface area (Å²) in [6.07, 6.45) is 3.88. The molecule has 0 aromatic carbocycles. The van der Waals surface area contributed by atoms with Crippen LogP contribution in [-0.2, 0) is 6.54 Å². The zero-order chi connectivity index (χ0) is 13.1. The Balaban J connectivity index is 2.06. The molecule has 4 nitrogen and oxygen atoms in total. The van der Waals surface area contributed by atoms with Gasteiger partial charge in [-0.05, 0) is 51.4 Å². The predicted molar refractivity (Wildman–Crippen MR) is 71.2 cm³/mol. The number of rotatable bonds is 4. The van der Waals surface area contributed by atoms with Gasteiger partial charge in [-0.25, -0.2) is 4.79 Å². The lowest BCUT2D eigenvalue weighted by molar-refractivity contribution is 0.0682. The molecule has 0 bridgehead atoms. The summed E-state index contributed by atoms with van der Waals surface area (Å²) >= 11 is 0. The Morgan fingerprint density at radius 3 is 2.50 bits per heavy atom. The van der Waals surface area contributed by atoms with Gasteiger partial charge < -0.3 is 14.6 Å². The Morgan fingerprint density at radius 1 is 1.22 bits per heavy atom.